The van der Waals surface area contributed by atoms with Crippen LogP contribution in [-0.2, 0) is 10.3 Å². The molecule has 10 heteroatoms. The number of amides is 1. The van der Waals surface area contributed by atoms with E-state index >= 15 is 0 Å². The SMILES string of the molecule is Nc1ccc2c3c(c(C(=O)N[C@@H]4CCC[C@@H]4N)sc13)C(N)C(=O)C2(N)c1cnnc(-c2ccccc2)c1. The van der Waals surface area contributed by atoms with Crippen molar-refractivity contribution in [3.63, 3.8) is 0 Å². The van der Waals surface area contributed by atoms with Crippen LogP contribution in [0.4, 0.5) is 5.69 Å². The third-order valence-corrected chi connectivity index (χ3v) is 8.84. The van der Waals surface area contributed by atoms with Crippen molar-refractivity contribution < 1.29 is 9.59 Å². The van der Waals surface area contributed by atoms with Crippen LogP contribution >= 0.6 is 11.3 Å². The van der Waals surface area contributed by atoms with E-state index in [9.17, 15) is 9.59 Å². The van der Waals surface area contributed by atoms with Gasteiger partial charge in [-0.1, -0.05) is 36.4 Å². The molecule has 2 aromatic heterocycles. The molecule has 0 spiro atoms. The first-order chi connectivity index (χ1) is 17.8. The summed E-state index contributed by atoms with van der Waals surface area (Å²) in [6, 6.07) is 13.4. The van der Waals surface area contributed by atoms with Crippen LogP contribution in [0.2, 0.25) is 0 Å². The van der Waals surface area contributed by atoms with Gasteiger partial charge in [0.25, 0.3) is 5.91 Å². The quantitative estimate of drug-likeness (QED) is 0.258. The lowest BCUT2D eigenvalue weighted by atomic mass is 9.71. The molecule has 1 fully saturated rings. The first-order valence-electron chi connectivity index (χ1n) is 12.2. The van der Waals surface area contributed by atoms with Crippen molar-refractivity contribution in [3.05, 3.63) is 76.3 Å². The molecule has 4 atom stereocenters. The molecule has 2 aromatic carbocycles. The predicted molar refractivity (Wildman–Crippen MR) is 144 cm³/mol. The van der Waals surface area contributed by atoms with Crippen LogP contribution in [0.1, 0.15) is 51.7 Å². The van der Waals surface area contributed by atoms with Crippen molar-refractivity contribution >= 4 is 38.8 Å². The first-order valence-corrected chi connectivity index (χ1v) is 13.0. The molecular weight excluding hydrogens is 486 g/mol. The number of hydrogen-bond acceptors (Lipinski definition) is 9. The molecular formula is C27H27N7O2S. The van der Waals surface area contributed by atoms with Crippen molar-refractivity contribution in [2.24, 2.45) is 17.2 Å². The number of hydrogen-bond donors (Lipinski definition) is 5. The number of nitrogens with two attached hydrogens (primary N) is 4. The number of nitrogen functional groups attached to an aromatic ring is 1. The maximum absolute atomic E-state index is 14.0. The second-order valence-electron chi connectivity index (χ2n) is 9.77. The van der Waals surface area contributed by atoms with Crippen LogP contribution in [0.5, 0.6) is 0 Å². The summed E-state index contributed by atoms with van der Waals surface area (Å²) in [5.41, 5.74) is 27.9. The number of Topliss-reactive ketones (excluding diaryl/α,β-unsaturated/α-hetero) is 1. The molecule has 9 N–H and O–H groups in total. The van der Waals surface area contributed by atoms with Crippen molar-refractivity contribution in [1.82, 2.24) is 15.5 Å². The summed E-state index contributed by atoms with van der Waals surface area (Å²) >= 11 is 1.23. The minimum absolute atomic E-state index is 0.0969. The van der Waals surface area contributed by atoms with Crippen molar-refractivity contribution in [2.45, 2.75) is 42.9 Å². The summed E-state index contributed by atoms with van der Waals surface area (Å²) in [7, 11) is 0. The molecule has 2 aliphatic carbocycles. The van der Waals surface area contributed by atoms with Crippen LogP contribution in [-0.4, -0.2) is 34.0 Å². The van der Waals surface area contributed by atoms with Crippen LogP contribution < -0.4 is 28.3 Å². The molecule has 2 heterocycles. The summed E-state index contributed by atoms with van der Waals surface area (Å²) in [5, 5.41) is 12.1. The Bertz CT molecular complexity index is 1550. The van der Waals surface area contributed by atoms with E-state index in [4.69, 9.17) is 22.9 Å². The van der Waals surface area contributed by atoms with Crippen LogP contribution in [0.15, 0.2) is 54.7 Å². The van der Waals surface area contributed by atoms with Crippen molar-refractivity contribution in [2.75, 3.05) is 5.73 Å². The van der Waals surface area contributed by atoms with Gasteiger partial charge < -0.3 is 28.3 Å². The molecule has 0 saturated heterocycles. The number of thiophene rings is 1. The van der Waals surface area contributed by atoms with Gasteiger partial charge in [-0.2, -0.15) is 10.2 Å². The Hall–Kier alpha value is -3.70. The number of aromatic nitrogens is 2. The molecule has 9 nitrogen and oxygen atoms in total. The Morgan fingerprint density at radius 2 is 1.89 bits per heavy atom. The van der Waals surface area contributed by atoms with Gasteiger partial charge in [0.15, 0.2) is 5.78 Å². The number of rotatable bonds is 4. The van der Waals surface area contributed by atoms with Crippen LogP contribution in [0, 0.1) is 0 Å². The minimum Gasteiger partial charge on any atom is -0.398 e. The fourth-order valence-corrected chi connectivity index (χ4v) is 6.78. The standard InChI is InChI=1S/C27H27N7O2S/c28-16-7-4-8-18(16)33-26(36)24-21-20-15(9-10-17(29)23(20)37-24)27(31,25(35)22(21)30)14-11-19(34-32-12-14)13-5-2-1-3-6-13/h1-3,5-6,9-12,16,18,22H,4,7-8,28-31H2,(H,33,36)/t16-,18+,22?,27?/m0/s1. The third-order valence-electron chi connectivity index (χ3n) is 7.58. The Kier molecular flexibility index (Phi) is 5.57. The zero-order valence-corrected chi connectivity index (χ0v) is 20.8. The molecule has 0 bridgehead atoms. The van der Waals surface area contributed by atoms with Gasteiger partial charge in [0, 0.05) is 39.8 Å². The summed E-state index contributed by atoms with van der Waals surface area (Å²) < 4.78 is 0.677. The number of ketones is 1. The molecule has 37 heavy (non-hydrogen) atoms. The molecule has 2 aliphatic rings. The van der Waals surface area contributed by atoms with Crippen molar-refractivity contribution in [3.8, 4) is 11.3 Å². The van der Waals surface area contributed by atoms with E-state index in [0.29, 0.717) is 43.0 Å². The smallest absolute Gasteiger partial charge is 0.262 e. The second-order valence-corrected chi connectivity index (χ2v) is 10.8. The lowest BCUT2D eigenvalue weighted by Gasteiger charge is -2.36. The highest BCUT2D eigenvalue weighted by molar-refractivity contribution is 7.21. The molecule has 1 saturated carbocycles. The summed E-state index contributed by atoms with van der Waals surface area (Å²) in [6.07, 6.45) is 4.13. The zero-order chi connectivity index (χ0) is 25.9. The molecule has 0 aliphatic heterocycles. The number of carbonyl (C=O) groups is 2. The van der Waals surface area contributed by atoms with E-state index in [1.54, 1.807) is 18.2 Å². The van der Waals surface area contributed by atoms with Gasteiger partial charge in [0.1, 0.15) is 5.54 Å². The van der Waals surface area contributed by atoms with Gasteiger partial charge in [-0.15, -0.1) is 11.3 Å². The predicted octanol–water partition coefficient (Wildman–Crippen LogP) is 2.33. The lowest BCUT2D eigenvalue weighted by Crippen LogP contribution is -2.52. The summed E-state index contributed by atoms with van der Waals surface area (Å²) in [6.45, 7) is 0. The van der Waals surface area contributed by atoms with E-state index in [1.807, 2.05) is 30.3 Å². The largest absolute Gasteiger partial charge is 0.398 e. The fourth-order valence-electron chi connectivity index (χ4n) is 5.58. The van der Waals surface area contributed by atoms with E-state index in [0.717, 1.165) is 24.8 Å². The summed E-state index contributed by atoms with van der Waals surface area (Å²) in [4.78, 5) is 27.8. The van der Waals surface area contributed by atoms with E-state index in [1.165, 1.54) is 17.5 Å². The molecule has 6 rings (SSSR count). The van der Waals surface area contributed by atoms with Crippen LogP contribution in [0.25, 0.3) is 21.3 Å². The van der Waals surface area contributed by atoms with E-state index < -0.39 is 17.4 Å². The Balaban J connectivity index is 1.52. The number of benzene rings is 2. The highest BCUT2D eigenvalue weighted by Crippen LogP contribution is 2.49. The Morgan fingerprint density at radius 1 is 1.11 bits per heavy atom. The summed E-state index contributed by atoms with van der Waals surface area (Å²) in [5.74, 6) is -0.725. The van der Waals surface area contributed by atoms with Crippen molar-refractivity contribution in [1.29, 1.82) is 0 Å². The number of nitrogens with one attached hydrogen (secondary N) is 1. The van der Waals surface area contributed by atoms with E-state index in [2.05, 4.69) is 15.5 Å². The van der Waals surface area contributed by atoms with Gasteiger partial charge in [0.2, 0.25) is 0 Å². The molecule has 1 amide bonds. The monoisotopic (exact) mass is 513 g/mol. The van der Waals surface area contributed by atoms with Gasteiger partial charge in [0.05, 0.1) is 27.5 Å². The van der Waals surface area contributed by atoms with Gasteiger partial charge >= 0.3 is 0 Å². The van der Waals surface area contributed by atoms with Gasteiger partial charge in [-0.3, -0.25) is 9.59 Å². The lowest BCUT2D eigenvalue weighted by molar-refractivity contribution is -0.124. The maximum Gasteiger partial charge on any atom is 0.262 e. The molecule has 4 aromatic rings. The maximum atomic E-state index is 14.0. The number of nitrogens with zero attached hydrogens (tertiary/aromatic N) is 2. The average molecular weight is 514 g/mol. The van der Waals surface area contributed by atoms with Gasteiger partial charge in [-0.05, 0) is 37.0 Å². The van der Waals surface area contributed by atoms with Crippen LogP contribution in [0.3, 0.4) is 0 Å². The Morgan fingerprint density at radius 3 is 2.62 bits per heavy atom. The topological polar surface area (TPSA) is 176 Å². The molecule has 2 unspecified atom stereocenters. The molecule has 0 radical (unpaired) electrons. The second kappa shape index (κ2) is 8.70. The highest BCUT2D eigenvalue weighted by atomic mass is 32.1. The highest BCUT2D eigenvalue weighted by Gasteiger charge is 2.49. The zero-order valence-electron chi connectivity index (χ0n) is 20.0. The molecule has 188 valence electrons. The third kappa shape index (κ3) is 3.56. The number of anilines is 1. The number of carbonyl (C=O) groups excluding carboxylic acids is 2. The van der Waals surface area contributed by atoms with Gasteiger partial charge in [-0.25, -0.2) is 0 Å². The first kappa shape index (κ1) is 23.7. The normalized spacial score (nSPS) is 24.9. The minimum atomic E-state index is -1.60. The average Bonchev–Trinajstić information content (AvgIpc) is 3.52. The Labute approximate surface area is 217 Å². The fraction of sp³-hybridized carbons (Fsp3) is 0.259. The van der Waals surface area contributed by atoms with E-state index in [-0.39, 0.29) is 18.0 Å².